The quantitative estimate of drug-likeness (QED) is 0.615. The van der Waals surface area contributed by atoms with Gasteiger partial charge in [-0.25, -0.2) is 4.98 Å². The number of nitrogens with zero attached hydrogens (tertiary/aromatic N) is 6. The summed E-state index contributed by atoms with van der Waals surface area (Å²) in [5, 5.41) is 0. The highest BCUT2D eigenvalue weighted by atomic mass is 16.2. The molecule has 2 amide bonds. The van der Waals surface area contributed by atoms with Crippen LogP contribution in [0.15, 0.2) is 30.3 Å². The summed E-state index contributed by atoms with van der Waals surface area (Å²) < 4.78 is 0. The Labute approximate surface area is 214 Å². The third kappa shape index (κ3) is 4.42. The molecule has 1 aromatic heterocycles. The van der Waals surface area contributed by atoms with Gasteiger partial charge in [0, 0.05) is 63.2 Å². The standard InChI is InChI=1S/C28H38N6O2/c1-5-22(21-10-7-6-8-11-21)24-12-9-13-33(24)26-23-18-34(19(2)3)27(36)25(23)29-28(30-26)32-16-14-31(15-17-32)20(4)35/h6-8,10-11,19,22,24H,5,9,12-18H2,1-4H3. The average molecular weight is 491 g/mol. The zero-order chi connectivity index (χ0) is 25.4. The molecule has 3 aliphatic heterocycles. The van der Waals surface area contributed by atoms with Gasteiger partial charge < -0.3 is 19.6 Å². The molecule has 2 aromatic rings. The molecule has 36 heavy (non-hydrogen) atoms. The number of fused-ring (bicyclic) bond motifs is 1. The van der Waals surface area contributed by atoms with Crippen molar-refractivity contribution in [2.45, 2.75) is 71.5 Å². The molecule has 192 valence electrons. The Morgan fingerprint density at radius 1 is 1.06 bits per heavy atom. The van der Waals surface area contributed by atoms with Crippen molar-refractivity contribution in [3.05, 3.63) is 47.2 Å². The van der Waals surface area contributed by atoms with E-state index in [0.29, 0.717) is 56.3 Å². The van der Waals surface area contributed by atoms with Crippen LogP contribution in [0.1, 0.15) is 74.5 Å². The molecular weight excluding hydrogens is 452 g/mol. The van der Waals surface area contributed by atoms with Crippen LogP contribution in [-0.2, 0) is 11.3 Å². The van der Waals surface area contributed by atoms with Crippen LogP contribution in [0.25, 0.3) is 0 Å². The Balaban J connectivity index is 1.53. The predicted octanol–water partition coefficient (Wildman–Crippen LogP) is 3.67. The van der Waals surface area contributed by atoms with Crippen LogP contribution in [0, 0.1) is 0 Å². The highest BCUT2D eigenvalue weighted by molar-refractivity contribution is 5.98. The van der Waals surface area contributed by atoms with Gasteiger partial charge in [-0.05, 0) is 38.7 Å². The van der Waals surface area contributed by atoms with Crippen LogP contribution >= 0.6 is 0 Å². The molecule has 2 atom stereocenters. The van der Waals surface area contributed by atoms with Crippen LogP contribution in [0.2, 0.25) is 0 Å². The fourth-order valence-electron chi connectivity index (χ4n) is 6.08. The van der Waals surface area contributed by atoms with Gasteiger partial charge in [-0.15, -0.1) is 0 Å². The third-order valence-electron chi connectivity index (χ3n) is 8.10. The van der Waals surface area contributed by atoms with Crippen LogP contribution in [0.5, 0.6) is 0 Å². The molecule has 0 aliphatic carbocycles. The maximum absolute atomic E-state index is 13.4. The van der Waals surface area contributed by atoms with Crippen molar-refractivity contribution in [2.24, 2.45) is 0 Å². The average Bonchev–Trinajstić information content (AvgIpc) is 3.50. The molecule has 4 heterocycles. The summed E-state index contributed by atoms with van der Waals surface area (Å²) in [6.07, 6.45) is 3.28. The Morgan fingerprint density at radius 2 is 1.78 bits per heavy atom. The first-order valence-electron chi connectivity index (χ1n) is 13.4. The molecule has 2 fully saturated rings. The van der Waals surface area contributed by atoms with E-state index in [1.54, 1.807) is 6.92 Å². The smallest absolute Gasteiger partial charge is 0.273 e. The Kier molecular flexibility index (Phi) is 6.86. The minimum atomic E-state index is -0.00174. The van der Waals surface area contributed by atoms with Crippen LogP contribution in [-0.4, -0.2) is 76.4 Å². The summed E-state index contributed by atoms with van der Waals surface area (Å²) in [6.45, 7) is 12.1. The van der Waals surface area contributed by atoms with Crippen molar-refractivity contribution in [3.63, 3.8) is 0 Å². The van der Waals surface area contributed by atoms with Crippen molar-refractivity contribution >= 4 is 23.6 Å². The first kappa shape index (κ1) is 24.5. The lowest BCUT2D eigenvalue weighted by Gasteiger charge is -2.36. The Bertz CT molecular complexity index is 1110. The van der Waals surface area contributed by atoms with Gasteiger partial charge in [0.2, 0.25) is 11.9 Å². The van der Waals surface area contributed by atoms with Gasteiger partial charge in [-0.2, -0.15) is 4.98 Å². The highest BCUT2D eigenvalue weighted by Crippen LogP contribution is 2.40. The maximum atomic E-state index is 13.4. The molecule has 3 aliphatic rings. The second-order valence-corrected chi connectivity index (χ2v) is 10.5. The molecule has 0 radical (unpaired) electrons. The van der Waals surface area contributed by atoms with Crippen molar-refractivity contribution in [2.75, 3.05) is 42.5 Å². The summed E-state index contributed by atoms with van der Waals surface area (Å²) >= 11 is 0. The van der Waals surface area contributed by atoms with E-state index in [4.69, 9.17) is 9.97 Å². The number of carbonyl (C=O) groups excluding carboxylic acids is 2. The predicted molar refractivity (Wildman–Crippen MR) is 141 cm³/mol. The van der Waals surface area contributed by atoms with E-state index < -0.39 is 0 Å². The number of amides is 2. The first-order chi connectivity index (χ1) is 17.4. The zero-order valence-corrected chi connectivity index (χ0v) is 22.0. The summed E-state index contributed by atoms with van der Waals surface area (Å²) in [7, 11) is 0. The van der Waals surface area contributed by atoms with E-state index in [9.17, 15) is 9.59 Å². The van der Waals surface area contributed by atoms with Gasteiger partial charge in [-0.3, -0.25) is 9.59 Å². The molecule has 2 saturated heterocycles. The lowest BCUT2D eigenvalue weighted by atomic mass is 9.87. The second-order valence-electron chi connectivity index (χ2n) is 10.5. The van der Waals surface area contributed by atoms with Crippen molar-refractivity contribution in [1.82, 2.24) is 19.8 Å². The molecule has 8 nitrogen and oxygen atoms in total. The Morgan fingerprint density at radius 3 is 2.42 bits per heavy atom. The monoisotopic (exact) mass is 490 g/mol. The lowest BCUT2D eigenvalue weighted by Crippen LogP contribution is -2.48. The minimum Gasteiger partial charge on any atom is -0.353 e. The van der Waals surface area contributed by atoms with E-state index in [-0.39, 0.29) is 17.9 Å². The third-order valence-corrected chi connectivity index (χ3v) is 8.10. The number of piperazine rings is 1. The Hall–Kier alpha value is -3.16. The number of benzene rings is 1. The first-order valence-corrected chi connectivity index (χ1v) is 13.4. The number of hydrogen-bond acceptors (Lipinski definition) is 6. The summed E-state index contributed by atoms with van der Waals surface area (Å²) in [6, 6.07) is 11.2. The van der Waals surface area contributed by atoms with Gasteiger partial charge in [-0.1, -0.05) is 37.3 Å². The number of carbonyl (C=O) groups is 2. The second kappa shape index (κ2) is 10.1. The normalized spacial score (nSPS) is 20.9. The number of aromatic nitrogens is 2. The van der Waals surface area contributed by atoms with Gasteiger partial charge in [0.1, 0.15) is 11.5 Å². The van der Waals surface area contributed by atoms with Gasteiger partial charge >= 0.3 is 0 Å². The van der Waals surface area contributed by atoms with Crippen molar-refractivity contribution < 1.29 is 9.59 Å². The maximum Gasteiger partial charge on any atom is 0.273 e. The van der Waals surface area contributed by atoms with Gasteiger partial charge in [0.15, 0.2) is 0 Å². The molecule has 2 unspecified atom stereocenters. The van der Waals surface area contributed by atoms with E-state index in [2.05, 4.69) is 60.9 Å². The summed E-state index contributed by atoms with van der Waals surface area (Å²) in [4.78, 5) is 43.6. The summed E-state index contributed by atoms with van der Waals surface area (Å²) in [5.74, 6) is 2.04. The molecule has 1 aromatic carbocycles. The molecule has 0 N–H and O–H groups in total. The van der Waals surface area contributed by atoms with E-state index >= 15 is 0 Å². The van der Waals surface area contributed by atoms with Crippen LogP contribution < -0.4 is 9.80 Å². The van der Waals surface area contributed by atoms with E-state index in [0.717, 1.165) is 37.2 Å². The topological polar surface area (TPSA) is 72.9 Å². The van der Waals surface area contributed by atoms with Gasteiger partial charge in [0.25, 0.3) is 5.91 Å². The number of hydrogen-bond donors (Lipinski definition) is 0. The number of anilines is 2. The fraction of sp³-hybridized carbons (Fsp3) is 0.571. The van der Waals surface area contributed by atoms with Crippen molar-refractivity contribution in [3.8, 4) is 0 Å². The summed E-state index contributed by atoms with van der Waals surface area (Å²) in [5.41, 5.74) is 2.88. The molecule has 0 spiro atoms. The van der Waals surface area contributed by atoms with Crippen LogP contribution in [0.4, 0.5) is 11.8 Å². The van der Waals surface area contributed by atoms with Crippen molar-refractivity contribution in [1.29, 1.82) is 0 Å². The fourth-order valence-corrected chi connectivity index (χ4v) is 6.08. The SMILES string of the molecule is CCC(c1ccccc1)C1CCCN1c1nc(N2CCN(C(C)=O)CC2)nc2c1CN(C(C)C)C2=O. The molecular formula is C28H38N6O2. The molecule has 8 heteroatoms. The number of rotatable bonds is 6. The van der Waals surface area contributed by atoms with E-state index in [1.165, 1.54) is 5.56 Å². The molecule has 0 saturated carbocycles. The minimum absolute atomic E-state index is 0.00174. The molecule has 0 bridgehead atoms. The molecule has 5 rings (SSSR count). The lowest BCUT2D eigenvalue weighted by molar-refractivity contribution is -0.129. The largest absolute Gasteiger partial charge is 0.353 e. The zero-order valence-electron chi connectivity index (χ0n) is 22.0. The van der Waals surface area contributed by atoms with Crippen LogP contribution in [0.3, 0.4) is 0 Å². The van der Waals surface area contributed by atoms with E-state index in [1.807, 2.05) is 9.80 Å². The highest BCUT2D eigenvalue weighted by Gasteiger charge is 2.40. The van der Waals surface area contributed by atoms with Gasteiger partial charge in [0.05, 0.1) is 6.54 Å².